The number of aromatic nitrogens is 2. The molecule has 0 atom stereocenters. The Labute approximate surface area is 197 Å². The molecule has 0 saturated carbocycles. The summed E-state index contributed by atoms with van der Waals surface area (Å²) in [6, 6.07) is 19.2. The van der Waals surface area contributed by atoms with Crippen molar-refractivity contribution in [3.05, 3.63) is 71.8 Å². The molecule has 0 aliphatic heterocycles. The number of esters is 1. The van der Waals surface area contributed by atoms with Crippen molar-refractivity contribution < 1.29 is 23.7 Å². The number of hydrogen-bond acceptors (Lipinski definition) is 8. The van der Waals surface area contributed by atoms with Crippen molar-refractivity contribution >= 4 is 22.7 Å². The number of fused-ring (bicyclic) bond motifs is 1. The summed E-state index contributed by atoms with van der Waals surface area (Å²) >= 11 is 0. The summed E-state index contributed by atoms with van der Waals surface area (Å²) in [6.07, 6.45) is 0. The van der Waals surface area contributed by atoms with Crippen LogP contribution < -0.4 is 19.5 Å². The molecule has 0 bridgehead atoms. The Kier molecular flexibility index (Phi) is 6.77. The van der Waals surface area contributed by atoms with E-state index in [4.69, 9.17) is 18.9 Å². The molecule has 174 valence electrons. The predicted molar refractivity (Wildman–Crippen MR) is 130 cm³/mol. The molecule has 8 heteroatoms. The fourth-order valence-electron chi connectivity index (χ4n) is 3.67. The fraction of sp³-hybridized carbons (Fsp3) is 0.192. The SMILES string of the molecule is COC(=O)c1ccccc1-c1ccc(CNc2nc(OC)nc3cc(OC)c(OC)cc23)cc1. The normalized spacial score (nSPS) is 10.6. The molecule has 0 radical (unpaired) electrons. The molecular weight excluding hydrogens is 434 g/mol. The van der Waals surface area contributed by atoms with E-state index >= 15 is 0 Å². The van der Waals surface area contributed by atoms with E-state index in [9.17, 15) is 4.79 Å². The van der Waals surface area contributed by atoms with Crippen LogP contribution in [0.3, 0.4) is 0 Å². The van der Waals surface area contributed by atoms with Gasteiger partial charge in [-0.2, -0.15) is 9.97 Å². The number of carbonyl (C=O) groups is 1. The van der Waals surface area contributed by atoms with Gasteiger partial charge < -0.3 is 24.3 Å². The average Bonchev–Trinajstić information content (AvgIpc) is 2.90. The van der Waals surface area contributed by atoms with Gasteiger partial charge in [-0.15, -0.1) is 0 Å². The van der Waals surface area contributed by atoms with Gasteiger partial charge in [0.2, 0.25) is 0 Å². The van der Waals surface area contributed by atoms with Crippen LogP contribution in [-0.4, -0.2) is 44.4 Å². The molecule has 8 nitrogen and oxygen atoms in total. The van der Waals surface area contributed by atoms with Crippen LogP contribution in [0.25, 0.3) is 22.0 Å². The lowest BCUT2D eigenvalue weighted by molar-refractivity contribution is 0.0601. The van der Waals surface area contributed by atoms with E-state index in [-0.39, 0.29) is 12.0 Å². The Hall–Kier alpha value is -4.33. The summed E-state index contributed by atoms with van der Waals surface area (Å²) in [5.41, 5.74) is 3.98. The molecule has 0 amide bonds. The highest BCUT2D eigenvalue weighted by molar-refractivity contribution is 5.97. The van der Waals surface area contributed by atoms with Crippen LogP contribution >= 0.6 is 0 Å². The van der Waals surface area contributed by atoms with Crippen molar-refractivity contribution in [2.45, 2.75) is 6.54 Å². The van der Waals surface area contributed by atoms with E-state index in [1.807, 2.05) is 48.5 Å². The summed E-state index contributed by atoms with van der Waals surface area (Å²) in [5.74, 6) is 1.41. The van der Waals surface area contributed by atoms with Gasteiger partial charge in [-0.3, -0.25) is 0 Å². The van der Waals surface area contributed by atoms with Gasteiger partial charge in [0.15, 0.2) is 11.5 Å². The van der Waals surface area contributed by atoms with Crippen LogP contribution in [0.5, 0.6) is 17.5 Å². The first-order valence-electron chi connectivity index (χ1n) is 10.6. The third kappa shape index (κ3) is 4.56. The molecule has 0 fully saturated rings. The Morgan fingerprint density at radius 2 is 1.56 bits per heavy atom. The molecule has 0 saturated heterocycles. The summed E-state index contributed by atoms with van der Waals surface area (Å²) in [6.45, 7) is 0.516. The molecular formula is C26H25N3O5. The van der Waals surface area contributed by atoms with Crippen LogP contribution in [-0.2, 0) is 11.3 Å². The molecule has 0 aliphatic rings. The lowest BCUT2D eigenvalue weighted by atomic mass is 9.98. The molecule has 0 unspecified atom stereocenters. The van der Waals surface area contributed by atoms with Crippen molar-refractivity contribution in [2.75, 3.05) is 33.8 Å². The Morgan fingerprint density at radius 3 is 2.24 bits per heavy atom. The first-order valence-corrected chi connectivity index (χ1v) is 10.6. The van der Waals surface area contributed by atoms with E-state index in [1.165, 1.54) is 14.2 Å². The Bertz CT molecular complexity index is 1320. The average molecular weight is 460 g/mol. The highest BCUT2D eigenvalue weighted by Gasteiger charge is 2.15. The van der Waals surface area contributed by atoms with Gasteiger partial charge in [0.05, 0.1) is 39.5 Å². The van der Waals surface area contributed by atoms with Crippen molar-refractivity contribution in [3.63, 3.8) is 0 Å². The van der Waals surface area contributed by atoms with Crippen LogP contribution in [0.2, 0.25) is 0 Å². The van der Waals surface area contributed by atoms with Gasteiger partial charge in [-0.05, 0) is 28.8 Å². The van der Waals surface area contributed by atoms with Crippen molar-refractivity contribution in [1.29, 1.82) is 0 Å². The molecule has 3 aromatic carbocycles. The topological polar surface area (TPSA) is 91.8 Å². The third-order valence-electron chi connectivity index (χ3n) is 5.42. The minimum absolute atomic E-state index is 0.247. The van der Waals surface area contributed by atoms with Gasteiger partial charge in [0.25, 0.3) is 0 Å². The zero-order valence-corrected chi connectivity index (χ0v) is 19.4. The number of nitrogens with zero attached hydrogens (tertiary/aromatic N) is 2. The minimum atomic E-state index is -0.363. The third-order valence-corrected chi connectivity index (χ3v) is 5.42. The summed E-state index contributed by atoms with van der Waals surface area (Å²) in [4.78, 5) is 21.0. The van der Waals surface area contributed by atoms with Gasteiger partial charge in [0, 0.05) is 18.0 Å². The standard InChI is InChI=1S/C26H25N3O5/c1-31-22-13-20-21(14-23(22)32-2)28-26(34-4)29-24(20)27-15-16-9-11-17(12-10-16)18-7-5-6-8-19(18)25(30)33-3/h5-14H,15H2,1-4H3,(H,27,28,29). The highest BCUT2D eigenvalue weighted by atomic mass is 16.5. The van der Waals surface area contributed by atoms with E-state index in [0.717, 1.165) is 22.1 Å². The van der Waals surface area contributed by atoms with Gasteiger partial charge in [-0.1, -0.05) is 42.5 Å². The lowest BCUT2D eigenvalue weighted by Crippen LogP contribution is -2.05. The molecule has 4 aromatic rings. The van der Waals surface area contributed by atoms with Crippen LogP contribution in [0, 0.1) is 0 Å². The van der Waals surface area contributed by atoms with E-state index < -0.39 is 0 Å². The van der Waals surface area contributed by atoms with E-state index in [2.05, 4.69) is 15.3 Å². The number of carbonyl (C=O) groups excluding carboxylic acids is 1. The largest absolute Gasteiger partial charge is 0.493 e. The molecule has 1 heterocycles. The Balaban J connectivity index is 1.61. The zero-order valence-electron chi connectivity index (χ0n) is 19.4. The van der Waals surface area contributed by atoms with Gasteiger partial charge >= 0.3 is 12.0 Å². The molecule has 1 N–H and O–H groups in total. The number of ether oxygens (including phenoxy) is 4. The number of methoxy groups -OCH3 is 4. The molecule has 0 spiro atoms. The first kappa shape index (κ1) is 22.8. The molecule has 1 aromatic heterocycles. The maximum Gasteiger partial charge on any atom is 0.338 e. The monoisotopic (exact) mass is 459 g/mol. The number of anilines is 1. The lowest BCUT2D eigenvalue weighted by Gasteiger charge is -2.14. The van der Waals surface area contributed by atoms with Gasteiger partial charge in [0.1, 0.15) is 5.82 Å². The summed E-state index contributed by atoms with van der Waals surface area (Å²) in [5, 5.41) is 4.14. The van der Waals surface area contributed by atoms with E-state index in [0.29, 0.717) is 34.9 Å². The van der Waals surface area contributed by atoms with Gasteiger partial charge in [-0.25, -0.2) is 4.79 Å². The van der Waals surface area contributed by atoms with Crippen molar-refractivity contribution in [1.82, 2.24) is 9.97 Å². The highest BCUT2D eigenvalue weighted by Crippen LogP contribution is 2.35. The maximum absolute atomic E-state index is 12.1. The minimum Gasteiger partial charge on any atom is -0.493 e. The van der Waals surface area contributed by atoms with Crippen molar-refractivity contribution in [2.24, 2.45) is 0 Å². The smallest absolute Gasteiger partial charge is 0.338 e. The summed E-state index contributed by atoms with van der Waals surface area (Å²) in [7, 11) is 6.07. The summed E-state index contributed by atoms with van der Waals surface area (Å²) < 4.78 is 21.0. The first-order chi connectivity index (χ1) is 16.6. The van der Waals surface area contributed by atoms with E-state index in [1.54, 1.807) is 26.4 Å². The predicted octanol–water partition coefficient (Wildman–Crippen LogP) is 4.72. The second-order valence-electron chi connectivity index (χ2n) is 7.37. The number of benzene rings is 3. The number of hydrogen-bond donors (Lipinski definition) is 1. The van der Waals surface area contributed by atoms with Crippen LogP contribution in [0.15, 0.2) is 60.7 Å². The quantitative estimate of drug-likeness (QED) is 0.379. The molecule has 0 aliphatic carbocycles. The number of nitrogens with one attached hydrogen (secondary N) is 1. The zero-order chi connectivity index (χ0) is 24.1. The fourth-order valence-corrected chi connectivity index (χ4v) is 3.67. The maximum atomic E-state index is 12.1. The van der Waals surface area contributed by atoms with Crippen LogP contribution in [0.4, 0.5) is 5.82 Å². The van der Waals surface area contributed by atoms with Crippen LogP contribution in [0.1, 0.15) is 15.9 Å². The Morgan fingerprint density at radius 1 is 0.853 bits per heavy atom. The second-order valence-corrected chi connectivity index (χ2v) is 7.37. The second kappa shape index (κ2) is 10.1. The molecule has 34 heavy (non-hydrogen) atoms. The number of rotatable bonds is 8. The molecule has 4 rings (SSSR count). The van der Waals surface area contributed by atoms with Crippen molar-refractivity contribution in [3.8, 4) is 28.6 Å².